The van der Waals surface area contributed by atoms with Crippen LogP contribution in [0.4, 0.5) is 4.39 Å². The predicted octanol–water partition coefficient (Wildman–Crippen LogP) is 6.38. The molecule has 0 aliphatic heterocycles. The third-order valence-corrected chi connectivity index (χ3v) is 10.0. The van der Waals surface area contributed by atoms with Crippen LogP contribution in [0.3, 0.4) is 0 Å². The van der Waals surface area contributed by atoms with Crippen LogP contribution in [0.25, 0.3) is 16.4 Å². The molecule has 43 heavy (non-hydrogen) atoms. The molecule has 3 heterocycles. The van der Waals surface area contributed by atoms with Crippen LogP contribution < -0.4 is 5.14 Å². The molecule has 1 fully saturated rings. The zero-order valence-electron chi connectivity index (χ0n) is 23.4. The minimum atomic E-state index is -2.30. The number of carboxylic acids is 1. The van der Waals surface area contributed by atoms with E-state index in [2.05, 4.69) is 36.7 Å². The van der Waals surface area contributed by atoms with Crippen molar-refractivity contribution in [1.29, 1.82) is 0 Å². The molecule has 7 nitrogen and oxygen atoms in total. The Labute approximate surface area is 258 Å². The van der Waals surface area contributed by atoms with Crippen LogP contribution >= 0.6 is 22.7 Å². The SMILES string of the molecule is Cc1cc(C)c(C#Cc2cccc(-c3nn(-c4nc(C(=O)O)cs4)c(CC4CC4)c3Cc3ccc([SH+](N)=O)c(F)c3)c2)s1. The average molecular weight is 632 g/mol. The zero-order valence-corrected chi connectivity index (χ0v) is 26.0. The van der Waals surface area contributed by atoms with Crippen LogP contribution in [0.15, 0.2) is 58.8 Å². The summed E-state index contributed by atoms with van der Waals surface area (Å²) in [5.74, 6) is 5.36. The van der Waals surface area contributed by atoms with Crippen molar-refractivity contribution in [1.82, 2.24) is 14.8 Å². The van der Waals surface area contributed by atoms with Crippen molar-refractivity contribution in [3.63, 3.8) is 0 Å². The molecule has 0 saturated heterocycles. The summed E-state index contributed by atoms with van der Waals surface area (Å²) >= 11 is 2.88. The van der Waals surface area contributed by atoms with Gasteiger partial charge in [0.25, 0.3) is 0 Å². The average Bonchev–Trinajstić information content (AvgIpc) is 3.36. The van der Waals surface area contributed by atoms with E-state index < -0.39 is 22.8 Å². The summed E-state index contributed by atoms with van der Waals surface area (Å²) in [4.78, 5) is 18.2. The molecule has 3 N–H and O–H groups in total. The number of nitrogens with two attached hydrogens (primary N) is 1. The number of aryl methyl sites for hydroxylation is 2. The maximum Gasteiger partial charge on any atom is 0.355 e. The number of halogens is 1. The van der Waals surface area contributed by atoms with Crippen LogP contribution in [-0.2, 0) is 28.0 Å². The first-order chi connectivity index (χ1) is 20.7. The summed E-state index contributed by atoms with van der Waals surface area (Å²) < 4.78 is 28.4. The monoisotopic (exact) mass is 631 g/mol. The van der Waals surface area contributed by atoms with Gasteiger partial charge in [-0.2, -0.15) is 5.10 Å². The standard InChI is InChI=1S/C32H27FN4O3S3/c1-18-12-19(2)42-28(18)10-8-20-4-3-5-23(13-20)30-24(14-22-9-11-29(43(34)40)25(33)15-22)27(16-21-6-7-21)37(36-30)32-35-26(17-41-32)31(38)39/h3-5,9,11-13,15,17,21H,6-7,14,16H2,1-2H3,(H2,34,40)(H,38,39)/p+1. The van der Waals surface area contributed by atoms with E-state index in [9.17, 15) is 18.5 Å². The molecule has 1 aliphatic rings. The number of nitrogens with zero attached hydrogens (tertiary/aromatic N) is 3. The number of rotatable bonds is 8. The molecule has 1 aliphatic carbocycles. The van der Waals surface area contributed by atoms with Crippen LogP contribution in [0.5, 0.6) is 0 Å². The molecule has 0 bridgehead atoms. The van der Waals surface area contributed by atoms with E-state index in [0.717, 1.165) is 52.1 Å². The summed E-state index contributed by atoms with van der Waals surface area (Å²) in [6.45, 7) is 4.12. The van der Waals surface area contributed by atoms with Gasteiger partial charge in [-0.25, -0.2) is 18.9 Å². The molecule has 3 aromatic heterocycles. The highest BCUT2D eigenvalue weighted by Crippen LogP contribution is 2.38. The first-order valence-electron chi connectivity index (χ1n) is 13.7. The maximum atomic E-state index is 14.8. The highest BCUT2D eigenvalue weighted by molar-refractivity contribution is 7.82. The number of benzene rings is 2. The van der Waals surface area contributed by atoms with Gasteiger partial charge >= 0.3 is 5.97 Å². The third-order valence-electron chi connectivity index (χ3n) is 7.29. The molecule has 2 aromatic carbocycles. The fraction of sp³-hybridized carbons (Fsp3) is 0.219. The van der Waals surface area contributed by atoms with Crippen molar-refractivity contribution in [2.45, 2.75) is 44.4 Å². The van der Waals surface area contributed by atoms with Gasteiger partial charge in [-0.3, -0.25) is 0 Å². The molecule has 1 saturated carbocycles. The molecule has 11 heteroatoms. The van der Waals surface area contributed by atoms with Gasteiger partial charge in [0.1, 0.15) is 0 Å². The lowest BCUT2D eigenvalue weighted by molar-refractivity contribution is 0.0691. The van der Waals surface area contributed by atoms with E-state index >= 15 is 0 Å². The Morgan fingerprint density at radius 1 is 1.19 bits per heavy atom. The third kappa shape index (κ3) is 6.38. The summed E-state index contributed by atoms with van der Waals surface area (Å²) in [5.41, 5.74) is 5.98. The van der Waals surface area contributed by atoms with E-state index in [-0.39, 0.29) is 10.6 Å². The van der Waals surface area contributed by atoms with E-state index in [1.165, 1.54) is 33.7 Å². The van der Waals surface area contributed by atoms with Gasteiger partial charge in [-0.1, -0.05) is 34.2 Å². The number of thiol groups is 1. The van der Waals surface area contributed by atoms with Gasteiger partial charge in [0.15, 0.2) is 22.5 Å². The molecular formula is C32H28FN4O3S3+. The second-order valence-corrected chi connectivity index (χ2v) is 13.9. The number of thiophene rings is 1. The topological polar surface area (TPSA) is 111 Å². The van der Waals surface area contributed by atoms with Crippen LogP contribution in [-0.4, -0.2) is 25.8 Å². The Hall–Kier alpha value is -3.95. The lowest BCUT2D eigenvalue weighted by atomic mass is 9.96. The molecule has 5 aromatic rings. The summed E-state index contributed by atoms with van der Waals surface area (Å²) in [7, 11) is -2.30. The minimum absolute atomic E-state index is 0.0145. The lowest BCUT2D eigenvalue weighted by Crippen LogP contribution is -2.07. The normalized spacial score (nSPS) is 13.5. The molecule has 1 atom stereocenters. The maximum absolute atomic E-state index is 14.8. The number of aromatic nitrogens is 3. The molecule has 0 spiro atoms. The molecular weight excluding hydrogens is 604 g/mol. The van der Waals surface area contributed by atoms with Crippen LogP contribution in [0.2, 0.25) is 0 Å². The molecule has 218 valence electrons. The van der Waals surface area contributed by atoms with Gasteiger partial charge < -0.3 is 5.11 Å². The molecule has 0 radical (unpaired) electrons. The van der Waals surface area contributed by atoms with Gasteiger partial charge in [-0.05, 0) is 80.5 Å². The molecule has 1 unspecified atom stereocenters. The minimum Gasteiger partial charge on any atom is -0.476 e. The van der Waals surface area contributed by atoms with Crippen molar-refractivity contribution < 1.29 is 18.5 Å². The highest BCUT2D eigenvalue weighted by Gasteiger charge is 2.29. The summed E-state index contributed by atoms with van der Waals surface area (Å²) in [5, 5.41) is 22.0. The largest absolute Gasteiger partial charge is 0.476 e. The smallest absolute Gasteiger partial charge is 0.355 e. The van der Waals surface area contributed by atoms with E-state index in [1.807, 2.05) is 24.3 Å². The van der Waals surface area contributed by atoms with E-state index in [1.54, 1.807) is 22.1 Å². The van der Waals surface area contributed by atoms with E-state index in [0.29, 0.717) is 28.7 Å². The lowest BCUT2D eigenvalue weighted by Gasteiger charge is -2.09. The van der Waals surface area contributed by atoms with Crippen molar-refractivity contribution in [2.75, 3.05) is 0 Å². The van der Waals surface area contributed by atoms with Gasteiger partial charge in [-0.15, -0.1) is 27.8 Å². The first-order valence-corrected chi connectivity index (χ1v) is 16.7. The second kappa shape index (κ2) is 12.0. The number of carboxylic acid groups (broad SMARTS) is 1. The van der Waals surface area contributed by atoms with Crippen molar-refractivity contribution in [3.8, 4) is 28.2 Å². The van der Waals surface area contributed by atoms with Crippen LogP contribution in [0.1, 0.15) is 61.0 Å². The number of hydrogen-bond donors (Lipinski definition) is 2. The number of aromatic carboxylic acids is 1. The Balaban J connectivity index is 1.49. The van der Waals surface area contributed by atoms with E-state index in [4.69, 9.17) is 10.2 Å². The summed E-state index contributed by atoms with van der Waals surface area (Å²) in [6.07, 6.45) is 3.28. The Morgan fingerprint density at radius 3 is 2.65 bits per heavy atom. The number of hydrogen-bond acceptors (Lipinski definition) is 6. The molecule has 6 rings (SSSR count). The quantitative estimate of drug-likeness (QED) is 0.117. The van der Waals surface area contributed by atoms with Crippen LogP contribution in [0, 0.1) is 37.4 Å². The van der Waals surface area contributed by atoms with Gasteiger partial charge in [0.05, 0.1) is 16.3 Å². The van der Waals surface area contributed by atoms with Gasteiger partial charge in [0, 0.05) is 33.4 Å². The Bertz CT molecular complexity index is 1960. The fourth-order valence-electron chi connectivity index (χ4n) is 5.01. The summed E-state index contributed by atoms with van der Waals surface area (Å²) in [6, 6.07) is 14.6. The fourth-order valence-corrected chi connectivity index (χ4v) is 7.16. The highest BCUT2D eigenvalue weighted by atomic mass is 32.2. The second-order valence-electron chi connectivity index (χ2n) is 10.6. The van der Waals surface area contributed by atoms with Crippen molar-refractivity contribution >= 4 is 39.6 Å². The Morgan fingerprint density at radius 2 is 2.00 bits per heavy atom. The first kappa shape index (κ1) is 29.1. The predicted molar refractivity (Wildman–Crippen MR) is 169 cm³/mol. The van der Waals surface area contributed by atoms with Crippen molar-refractivity contribution in [2.24, 2.45) is 11.1 Å². The Kier molecular flexibility index (Phi) is 8.11. The van der Waals surface area contributed by atoms with Crippen molar-refractivity contribution in [3.05, 3.63) is 103 Å². The van der Waals surface area contributed by atoms with Gasteiger partial charge in [0.2, 0.25) is 10.0 Å². The zero-order chi connectivity index (χ0) is 30.2. The molecule has 0 amide bonds. The number of carbonyl (C=O) groups is 1. The number of thiazole rings is 1.